The second-order valence-electron chi connectivity index (χ2n) is 18.2. The molecule has 24 atom stereocenters. The van der Waals surface area contributed by atoms with E-state index in [9.17, 15) is 38.7 Å². The number of aliphatic carboxylic acids is 1. The van der Waals surface area contributed by atoms with Crippen LogP contribution in [0, 0.1) is 62.7 Å². The number of carbonyl (C=O) groups excluding carboxylic acids is 1. The number of carbonyl (C=O) groups is 2. The summed E-state index contributed by atoms with van der Waals surface area (Å²) < 4.78 is 237. The van der Waals surface area contributed by atoms with Gasteiger partial charge in [-0.3, -0.25) is 33.6 Å². The molecule has 5 fully saturated rings. The Bertz CT molecular complexity index is 2780. The van der Waals surface area contributed by atoms with E-state index in [1.165, 1.54) is 20.5 Å². The summed E-state index contributed by atoms with van der Waals surface area (Å²) in [4.78, 5) is 33.1. The minimum Gasteiger partial charge on any atom is -0.726 e. The van der Waals surface area contributed by atoms with Crippen molar-refractivity contribution < 1.29 is 302 Å². The van der Waals surface area contributed by atoms with Crippen molar-refractivity contribution in [3.05, 3.63) is 58.5 Å². The van der Waals surface area contributed by atoms with Gasteiger partial charge in [-0.2, -0.15) is 0 Å². The molecule has 5 aliphatic rings. The van der Waals surface area contributed by atoms with Gasteiger partial charge in [-0.15, -0.1) is 5.11 Å². The Balaban J connectivity index is -0.000000835. The summed E-state index contributed by atoms with van der Waals surface area (Å²) in [5, 5.41) is 21.7. The van der Waals surface area contributed by atoms with Crippen LogP contribution in [0.1, 0.15) is 41.5 Å². The maximum Gasteiger partial charge on any atom is 1.00 e. The summed E-state index contributed by atoms with van der Waals surface area (Å²) in [6.07, 6.45) is -18.2. The molecule has 0 amide bonds. The van der Waals surface area contributed by atoms with E-state index >= 15 is 0 Å². The smallest absolute Gasteiger partial charge is 0.726 e. The molecule has 90 heavy (non-hydrogen) atoms. The first-order chi connectivity index (χ1) is 38.7. The molecule has 10 unspecified atom stereocenters. The van der Waals surface area contributed by atoms with Crippen LogP contribution in [0.4, 0.5) is 0 Å². The second-order valence-corrected chi connectivity index (χ2v) is 22.7. The molecule has 5 N–H and O–H groups in total. The number of carboxylic acid groups (broad SMARTS) is 1. The van der Waals surface area contributed by atoms with Crippen LogP contribution in [0.25, 0.3) is 31.3 Å². The van der Waals surface area contributed by atoms with Crippen molar-refractivity contribution in [1.29, 1.82) is 0 Å². The standard InChI is InChI=1S/C37H55N9O18S.5Na.4H2O4S/c1-13-14(2)24(42-45-39)35(55-19(13)7)60-27-15(3)16(4)32(62-30(27)31(48)49)58-23-11-22(41-44-38)33(56-20(23)8)61-28-18(6)29(64-65(50,51)52)37(63-36(28)54-12-47)59-26-17(5)25(43-46-40)34(53-10)57-21(26)9;;;;;;4*1-5(2,3)4/h11-30,32-37H,7-9H2,1-6,10H3,(H,48,49)(H,50,51,52);;;;;;4*(H2,1,2,3,4)/q-4;5*+1;;;;/p-5/t13-,14+,15-,16?,17-,18+,19?,20?,21?,22?,23-,24?,25?,26-,27-,28-,29?,30?,32-,33+,34-,35+,36?,37-;;;;;;;;;/m1........./s1. The summed E-state index contributed by atoms with van der Waals surface area (Å²) in [6.45, 7) is 22.1. The summed E-state index contributed by atoms with van der Waals surface area (Å²) in [5.41, 5.74) is 28.0. The van der Waals surface area contributed by atoms with Crippen LogP contribution in [0.15, 0.2) is 15.3 Å². The van der Waals surface area contributed by atoms with Crippen LogP contribution in [0.2, 0.25) is 0 Å². The van der Waals surface area contributed by atoms with Crippen molar-refractivity contribution in [2.45, 2.75) is 152 Å². The van der Waals surface area contributed by atoms with Crippen LogP contribution in [0.3, 0.4) is 0 Å². The van der Waals surface area contributed by atoms with Crippen LogP contribution < -0.4 is 148 Å². The maximum atomic E-state index is 12.7. The first-order valence-electron chi connectivity index (χ1n) is 23.3. The molecule has 0 aliphatic carbocycles. The van der Waals surface area contributed by atoms with Gasteiger partial charge in [-0.1, -0.05) is 70.1 Å². The van der Waals surface area contributed by atoms with E-state index in [0.29, 0.717) is 0 Å². The van der Waals surface area contributed by atoms with E-state index in [2.05, 4.69) is 50.8 Å². The number of hydrogen-bond donors (Lipinski definition) is 5. The third-order valence-electron chi connectivity index (χ3n) is 12.7. The Morgan fingerprint density at radius 1 is 0.511 bits per heavy atom. The monoisotopic (exact) mass is 1450 g/mol. The molecule has 5 saturated heterocycles. The van der Waals surface area contributed by atoms with Crippen LogP contribution in [-0.4, -0.2) is 219 Å². The molecular formula is C37H58N9Na5O34S5-4. The fraction of sp³-hybridized carbons (Fsp3) is 0.838. The summed E-state index contributed by atoms with van der Waals surface area (Å²) in [7, 11) is -23.8. The zero-order valence-corrected chi connectivity index (χ0v) is 63.9. The van der Waals surface area contributed by atoms with Crippen LogP contribution in [0.5, 0.6) is 0 Å². The number of azide groups is 3. The zero-order valence-electron chi connectivity index (χ0n) is 49.8. The Labute approximate surface area is 627 Å². The van der Waals surface area contributed by atoms with Crippen molar-refractivity contribution in [1.82, 2.24) is 0 Å². The van der Waals surface area contributed by atoms with Crippen molar-refractivity contribution in [3.63, 3.8) is 0 Å². The number of nitrogens with zero attached hydrogens (tertiary/aromatic N) is 9. The Morgan fingerprint density at radius 3 is 1.36 bits per heavy atom. The molecule has 43 nitrogen and oxygen atoms in total. The first-order valence-corrected chi connectivity index (χ1v) is 30.1. The number of methoxy groups -OCH3 is 1. The number of hydrogen-bond acceptors (Lipinski definition) is 32. The fourth-order valence-electron chi connectivity index (χ4n) is 8.52. The largest absolute Gasteiger partial charge is 1.00 e. The van der Waals surface area contributed by atoms with E-state index in [4.69, 9.17) is 132 Å². The van der Waals surface area contributed by atoms with Gasteiger partial charge in [-0.05, 0) is 57.3 Å². The Morgan fingerprint density at radius 2 is 0.933 bits per heavy atom. The van der Waals surface area contributed by atoms with Gasteiger partial charge in [0.15, 0.2) is 31.3 Å². The molecule has 0 bridgehead atoms. The molecular weight excluding hydrogens is 1390 g/mol. The molecule has 494 valence electrons. The van der Waals surface area contributed by atoms with Crippen LogP contribution >= 0.6 is 0 Å². The summed E-state index contributed by atoms with van der Waals surface area (Å²) in [6, 6.07) is -3.12. The third kappa shape index (κ3) is 37.1. The zero-order chi connectivity index (χ0) is 66.1. The van der Waals surface area contributed by atoms with Gasteiger partial charge in [-0.25, -0.2) is 46.9 Å². The summed E-state index contributed by atoms with van der Waals surface area (Å²) in [5.74, 6) is -4.84. The molecule has 0 aromatic rings. The van der Waals surface area contributed by atoms with Gasteiger partial charge in [0.05, 0.1) is 18.2 Å². The minimum absolute atomic E-state index is 0. The maximum absolute atomic E-state index is 12.7. The van der Waals surface area contributed by atoms with Gasteiger partial charge in [0.25, 0.3) is 6.47 Å². The Kier molecular flexibility index (Phi) is 49.5. The quantitative estimate of drug-likeness (QED) is 0.0132. The van der Waals surface area contributed by atoms with E-state index in [1.54, 1.807) is 20.8 Å². The molecule has 0 spiro atoms. The first kappa shape index (κ1) is 99.5. The SMILES string of the molecule is O=S(=O)([O-])O.O=S(=O)([O-])O.O=S(=O)([O-])O.O=S(=O)([O-])O.[CH2-]C1O[C@@H](O[C@H]2C(OC=O)O[C@@H](O[C@H]3C([CH2-])O[C@@H](OC)C(N=[N+]=[N-])[C@H]3C)C(OS(=O)(=O)[O-])[C@H]2C)C(N=[N+]=[N-])[CH-][C@H]1O[C@@H]1OC(C(=O)O)[C@H](O[C@@H]2OC([CH2-])[C@H](C)[C@H](C)C2N=[N+]=[N-])[C@H](C)C1C.[Na+].[Na+].[Na+].[Na+].[Na+]. The van der Waals surface area contributed by atoms with E-state index in [-0.39, 0.29) is 166 Å². The van der Waals surface area contributed by atoms with Gasteiger partial charge in [0.2, 0.25) is 58.3 Å². The average molecular weight is 1450 g/mol. The van der Waals surface area contributed by atoms with E-state index in [1.807, 2.05) is 13.8 Å². The van der Waals surface area contributed by atoms with E-state index < -0.39 is 192 Å². The summed E-state index contributed by atoms with van der Waals surface area (Å²) >= 11 is 0. The molecule has 0 aromatic carbocycles. The number of carboxylic acids is 1. The molecule has 0 aromatic heterocycles. The second kappa shape index (κ2) is 44.8. The predicted molar refractivity (Wildman–Crippen MR) is 263 cm³/mol. The van der Waals surface area contributed by atoms with Gasteiger partial charge < -0.3 is 101 Å². The molecule has 0 radical (unpaired) electrons. The minimum atomic E-state index is -5.49. The normalized spacial score (nSPS) is 35.6. The Hall–Kier alpha value is 0.820. The van der Waals surface area contributed by atoms with Crippen molar-refractivity contribution in [3.8, 4) is 0 Å². The van der Waals surface area contributed by atoms with Gasteiger partial charge in [0, 0.05) is 28.8 Å². The van der Waals surface area contributed by atoms with Crippen molar-refractivity contribution in [2.75, 3.05) is 7.11 Å². The van der Waals surface area contributed by atoms with Crippen molar-refractivity contribution in [2.24, 2.45) is 50.9 Å². The van der Waals surface area contributed by atoms with E-state index in [0.717, 1.165) is 0 Å². The third-order valence-corrected chi connectivity index (χ3v) is 13.2. The average Bonchev–Trinajstić information content (AvgIpc) is 1.02. The van der Waals surface area contributed by atoms with Crippen molar-refractivity contribution >= 4 is 64.4 Å². The predicted octanol–water partition coefficient (Wildman–Crippen LogP) is -15.5. The van der Waals surface area contributed by atoms with Gasteiger partial charge >= 0.3 is 154 Å². The number of ether oxygens (including phenoxy) is 11. The fourth-order valence-corrected chi connectivity index (χ4v) is 9.06. The molecule has 5 rings (SSSR count). The molecule has 5 aliphatic heterocycles. The topological polar surface area (TPSA) is 678 Å². The molecule has 5 heterocycles. The number of rotatable bonds is 17. The van der Waals surface area contributed by atoms with Gasteiger partial charge in [0.1, 0.15) is 24.6 Å². The molecule has 0 saturated carbocycles. The molecule has 53 heteroatoms. The van der Waals surface area contributed by atoms with Crippen LogP contribution in [-0.2, 0) is 118 Å².